The van der Waals surface area contributed by atoms with Gasteiger partial charge in [0.05, 0.1) is 5.56 Å². The molecule has 2 amide bonds. The lowest BCUT2D eigenvalue weighted by Gasteiger charge is -2.34. The Morgan fingerprint density at radius 1 is 1.24 bits per heavy atom. The van der Waals surface area contributed by atoms with Gasteiger partial charge in [0.1, 0.15) is 12.4 Å². The van der Waals surface area contributed by atoms with Gasteiger partial charge in [-0.2, -0.15) is 0 Å². The molecule has 1 heterocycles. The van der Waals surface area contributed by atoms with Gasteiger partial charge >= 0.3 is 0 Å². The van der Waals surface area contributed by atoms with Crippen molar-refractivity contribution >= 4 is 23.4 Å². The van der Waals surface area contributed by atoms with E-state index in [-0.39, 0.29) is 29.0 Å². The Labute approximate surface area is 127 Å². The van der Waals surface area contributed by atoms with Crippen molar-refractivity contribution in [3.8, 4) is 0 Å². The molecule has 0 bridgehead atoms. The summed E-state index contributed by atoms with van der Waals surface area (Å²) in [5.41, 5.74) is -0.00364. The molecule has 0 unspecified atom stereocenters. The van der Waals surface area contributed by atoms with E-state index in [1.54, 1.807) is 4.90 Å². The molecular weight excluding hydrogens is 299 g/mol. The van der Waals surface area contributed by atoms with Crippen molar-refractivity contribution < 1.29 is 18.7 Å². The van der Waals surface area contributed by atoms with Crippen LogP contribution in [-0.4, -0.2) is 61.5 Å². The first-order valence-electron chi connectivity index (χ1n) is 6.54. The van der Waals surface area contributed by atoms with Gasteiger partial charge in [0, 0.05) is 38.3 Å². The average Bonchev–Trinajstić information content (AvgIpc) is 2.47. The summed E-state index contributed by atoms with van der Waals surface area (Å²) in [4.78, 5) is 27.1. The Morgan fingerprint density at radius 3 is 2.43 bits per heavy atom. The third-order valence-electron chi connectivity index (χ3n) is 3.35. The van der Waals surface area contributed by atoms with Gasteiger partial charge in [-0.25, -0.2) is 4.39 Å². The molecule has 0 aliphatic carbocycles. The van der Waals surface area contributed by atoms with Crippen LogP contribution in [-0.2, 0) is 9.53 Å². The second kappa shape index (κ2) is 6.87. The third-order valence-corrected chi connectivity index (χ3v) is 3.58. The fourth-order valence-electron chi connectivity index (χ4n) is 2.21. The lowest BCUT2D eigenvalue weighted by molar-refractivity contribution is -0.136. The van der Waals surface area contributed by atoms with Crippen LogP contribution in [0.3, 0.4) is 0 Å². The number of carbonyl (C=O) groups excluding carboxylic acids is 2. The van der Waals surface area contributed by atoms with Crippen LogP contribution >= 0.6 is 11.6 Å². The molecule has 0 N–H and O–H groups in total. The van der Waals surface area contributed by atoms with Crippen LogP contribution in [0.4, 0.5) is 4.39 Å². The minimum Gasteiger partial charge on any atom is -0.375 e. The molecule has 1 aromatic rings. The van der Waals surface area contributed by atoms with Crippen molar-refractivity contribution in [2.75, 3.05) is 39.9 Å². The van der Waals surface area contributed by atoms with E-state index in [0.29, 0.717) is 26.2 Å². The lowest BCUT2D eigenvalue weighted by Crippen LogP contribution is -2.51. The maximum atomic E-state index is 13.7. The van der Waals surface area contributed by atoms with Gasteiger partial charge in [0.25, 0.3) is 5.91 Å². The Morgan fingerprint density at radius 2 is 1.86 bits per heavy atom. The smallest absolute Gasteiger partial charge is 0.256 e. The van der Waals surface area contributed by atoms with Crippen LogP contribution in [0.15, 0.2) is 18.2 Å². The highest BCUT2D eigenvalue weighted by Crippen LogP contribution is 2.17. The highest BCUT2D eigenvalue weighted by molar-refractivity contribution is 6.30. The van der Waals surface area contributed by atoms with E-state index in [9.17, 15) is 14.0 Å². The normalized spacial score (nSPS) is 15.2. The molecular formula is C14H16ClFN2O3. The second-order valence-corrected chi connectivity index (χ2v) is 5.17. The topological polar surface area (TPSA) is 49.9 Å². The van der Waals surface area contributed by atoms with E-state index >= 15 is 0 Å². The number of carbonyl (C=O) groups is 2. The molecule has 21 heavy (non-hydrogen) atoms. The number of ether oxygens (including phenoxy) is 1. The molecule has 114 valence electrons. The zero-order valence-electron chi connectivity index (χ0n) is 11.6. The van der Waals surface area contributed by atoms with Crippen LogP contribution in [0.25, 0.3) is 0 Å². The monoisotopic (exact) mass is 314 g/mol. The van der Waals surface area contributed by atoms with Gasteiger partial charge in [0.15, 0.2) is 0 Å². The SMILES string of the molecule is COCC(=O)N1CCN(C(=O)c2ccc(Cl)cc2F)CC1. The predicted molar refractivity (Wildman–Crippen MR) is 75.8 cm³/mol. The maximum absolute atomic E-state index is 13.7. The Hall–Kier alpha value is -1.66. The minimum atomic E-state index is -0.634. The Bertz CT molecular complexity index is 545. The quantitative estimate of drug-likeness (QED) is 0.847. The van der Waals surface area contributed by atoms with Crippen molar-refractivity contribution in [2.24, 2.45) is 0 Å². The molecule has 1 aliphatic rings. The molecule has 5 nitrogen and oxygen atoms in total. The molecule has 0 aromatic heterocycles. The number of hydrogen-bond acceptors (Lipinski definition) is 3. The number of benzene rings is 1. The number of amides is 2. The zero-order valence-corrected chi connectivity index (χ0v) is 12.4. The molecule has 7 heteroatoms. The maximum Gasteiger partial charge on any atom is 0.256 e. The molecule has 0 atom stereocenters. The fourth-order valence-corrected chi connectivity index (χ4v) is 2.37. The standard InChI is InChI=1S/C14H16ClFN2O3/c1-21-9-13(19)17-4-6-18(7-5-17)14(20)11-3-2-10(15)8-12(11)16/h2-3,8H,4-7,9H2,1H3. The molecule has 1 fully saturated rings. The average molecular weight is 315 g/mol. The molecule has 2 rings (SSSR count). The summed E-state index contributed by atoms with van der Waals surface area (Å²) >= 11 is 5.67. The van der Waals surface area contributed by atoms with Gasteiger partial charge in [0.2, 0.25) is 5.91 Å². The van der Waals surface area contributed by atoms with Crippen molar-refractivity contribution in [1.82, 2.24) is 9.80 Å². The summed E-state index contributed by atoms with van der Waals surface area (Å²) in [6.45, 7) is 1.61. The molecule has 1 aromatic carbocycles. The molecule has 0 radical (unpaired) electrons. The van der Waals surface area contributed by atoms with Crippen molar-refractivity contribution in [1.29, 1.82) is 0 Å². The largest absolute Gasteiger partial charge is 0.375 e. The van der Waals surface area contributed by atoms with E-state index < -0.39 is 5.82 Å². The minimum absolute atomic E-state index is 0.00364. The summed E-state index contributed by atoms with van der Waals surface area (Å²) in [5.74, 6) is -1.13. The van der Waals surface area contributed by atoms with E-state index in [1.807, 2.05) is 0 Å². The number of methoxy groups -OCH3 is 1. The lowest BCUT2D eigenvalue weighted by atomic mass is 10.1. The number of rotatable bonds is 3. The summed E-state index contributed by atoms with van der Waals surface area (Å²) in [6.07, 6.45) is 0. The summed E-state index contributed by atoms with van der Waals surface area (Å²) in [5, 5.41) is 0.249. The van der Waals surface area contributed by atoms with Gasteiger partial charge in [-0.1, -0.05) is 11.6 Å². The Balaban J connectivity index is 1.98. The van der Waals surface area contributed by atoms with Gasteiger partial charge in [-0.05, 0) is 18.2 Å². The first kappa shape index (κ1) is 15.7. The second-order valence-electron chi connectivity index (χ2n) is 4.73. The molecule has 1 saturated heterocycles. The summed E-state index contributed by atoms with van der Waals surface area (Å²) < 4.78 is 18.5. The van der Waals surface area contributed by atoms with Crippen molar-refractivity contribution in [3.05, 3.63) is 34.6 Å². The van der Waals surface area contributed by atoms with Crippen LogP contribution in [0.1, 0.15) is 10.4 Å². The predicted octanol–water partition coefficient (Wildman–Crippen LogP) is 1.41. The molecule has 1 aliphatic heterocycles. The van der Waals surface area contributed by atoms with E-state index in [0.717, 1.165) is 6.07 Å². The first-order valence-corrected chi connectivity index (χ1v) is 6.91. The Kier molecular flexibility index (Phi) is 5.14. The number of hydrogen-bond donors (Lipinski definition) is 0. The van der Waals surface area contributed by atoms with Gasteiger partial charge in [-0.3, -0.25) is 9.59 Å². The van der Waals surface area contributed by atoms with Gasteiger partial charge < -0.3 is 14.5 Å². The number of halogens is 2. The van der Waals surface area contributed by atoms with Crippen molar-refractivity contribution in [3.63, 3.8) is 0 Å². The van der Waals surface area contributed by atoms with Crippen LogP contribution in [0, 0.1) is 5.82 Å². The highest BCUT2D eigenvalue weighted by Gasteiger charge is 2.26. The van der Waals surface area contributed by atoms with E-state index in [1.165, 1.54) is 24.1 Å². The fraction of sp³-hybridized carbons (Fsp3) is 0.429. The van der Waals surface area contributed by atoms with E-state index in [2.05, 4.69) is 0 Å². The summed E-state index contributed by atoms with van der Waals surface area (Å²) in [7, 11) is 1.46. The third kappa shape index (κ3) is 3.71. The van der Waals surface area contributed by atoms with Crippen LogP contribution in [0.2, 0.25) is 5.02 Å². The highest BCUT2D eigenvalue weighted by atomic mass is 35.5. The van der Waals surface area contributed by atoms with Crippen LogP contribution < -0.4 is 0 Å². The number of nitrogens with zero attached hydrogens (tertiary/aromatic N) is 2. The van der Waals surface area contributed by atoms with E-state index in [4.69, 9.17) is 16.3 Å². The summed E-state index contributed by atoms with van der Waals surface area (Å²) in [6, 6.07) is 3.98. The molecule has 0 saturated carbocycles. The first-order chi connectivity index (χ1) is 10.0. The van der Waals surface area contributed by atoms with Crippen LogP contribution in [0.5, 0.6) is 0 Å². The van der Waals surface area contributed by atoms with Gasteiger partial charge in [-0.15, -0.1) is 0 Å². The number of piperazine rings is 1. The molecule has 0 spiro atoms. The van der Waals surface area contributed by atoms with Crippen molar-refractivity contribution in [2.45, 2.75) is 0 Å². The zero-order chi connectivity index (χ0) is 15.4.